The maximum atomic E-state index is 12.9. The van der Waals surface area contributed by atoms with Gasteiger partial charge in [0.05, 0.1) is 10.6 Å². The summed E-state index contributed by atoms with van der Waals surface area (Å²) in [5, 5.41) is 9.23. The number of aromatic carboxylic acids is 1. The van der Waals surface area contributed by atoms with E-state index in [2.05, 4.69) is 0 Å². The number of halogens is 1. The molecule has 1 N–H and O–H groups in total. The van der Waals surface area contributed by atoms with E-state index in [0.717, 1.165) is 11.1 Å². The Morgan fingerprint density at radius 2 is 1.44 bits per heavy atom. The number of fused-ring (bicyclic) bond motifs is 3. The highest BCUT2D eigenvalue weighted by molar-refractivity contribution is 6.34. The Labute approximate surface area is 160 Å². The number of carbonyl (C=O) groups is 3. The molecular formula is C22H13ClO4. The monoisotopic (exact) mass is 376 g/mol. The molecule has 0 saturated carbocycles. The van der Waals surface area contributed by atoms with Gasteiger partial charge in [-0.3, -0.25) is 9.59 Å². The molecule has 0 spiro atoms. The summed E-state index contributed by atoms with van der Waals surface area (Å²) in [6.45, 7) is 0. The summed E-state index contributed by atoms with van der Waals surface area (Å²) in [5.41, 5.74) is 3.23. The summed E-state index contributed by atoms with van der Waals surface area (Å²) < 4.78 is 0. The molecule has 4 rings (SSSR count). The number of hydrogen-bond acceptors (Lipinski definition) is 3. The Balaban J connectivity index is 1.75. The molecular weight excluding hydrogens is 364 g/mol. The van der Waals surface area contributed by atoms with Crippen molar-refractivity contribution in [3.05, 3.63) is 93.5 Å². The molecule has 27 heavy (non-hydrogen) atoms. The van der Waals surface area contributed by atoms with Gasteiger partial charge in [-0.25, -0.2) is 4.79 Å². The molecule has 0 aromatic heterocycles. The fourth-order valence-electron chi connectivity index (χ4n) is 3.45. The highest BCUT2D eigenvalue weighted by Gasteiger charge is 2.30. The number of ketones is 2. The van der Waals surface area contributed by atoms with E-state index in [1.165, 1.54) is 6.07 Å². The maximum Gasteiger partial charge on any atom is 0.337 e. The van der Waals surface area contributed by atoms with Crippen LogP contribution in [-0.2, 0) is 6.42 Å². The Bertz CT molecular complexity index is 1130. The fourth-order valence-corrected chi connectivity index (χ4v) is 3.73. The van der Waals surface area contributed by atoms with E-state index in [1.807, 2.05) is 18.2 Å². The topological polar surface area (TPSA) is 71.4 Å². The summed E-state index contributed by atoms with van der Waals surface area (Å²) in [6.07, 6.45) is -0.0833. The summed E-state index contributed by atoms with van der Waals surface area (Å²) in [5.74, 6) is -1.60. The molecule has 0 bridgehead atoms. The second kappa shape index (κ2) is 6.49. The molecule has 5 heteroatoms. The predicted molar refractivity (Wildman–Crippen MR) is 102 cm³/mol. The molecule has 0 amide bonds. The Kier molecular flexibility index (Phi) is 4.13. The molecule has 0 atom stereocenters. The second-order valence-electron chi connectivity index (χ2n) is 6.29. The zero-order valence-corrected chi connectivity index (χ0v) is 14.8. The number of benzene rings is 3. The van der Waals surface area contributed by atoms with Crippen molar-refractivity contribution < 1.29 is 19.5 Å². The highest BCUT2D eigenvalue weighted by atomic mass is 35.5. The molecule has 0 fully saturated rings. The number of rotatable bonds is 4. The van der Waals surface area contributed by atoms with Crippen LogP contribution >= 0.6 is 11.6 Å². The van der Waals surface area contributed by atoms with Crippen LogP contribution in [0.2, 0.25) is 5.02 Å². The minimum absolute atomic E-state index is 0.0422. The van der Waals surface area contributed by atoms with Gasteiger partial charge >= 0.3 is 5.97 Å². The summed E-state index contributed by atoms with van der Waals surface area (Å²) in [4.78, 5) is 37.0. The lowest BCUT2D eigenvalue weighted by Gasteiger charge is -2.09. The van der Waals surface area contributed by atoms with Crippen LogP contribution in [0.4, 0.5) is 0 Å². The van der Waals surface area contributed by atoms with Gasteiger partial charge < -0.3 is 5.11 Å². The molecule has 3 aromatic carbocycles. The maximum absolute atomic E-state index is 12.9. The molecule has 0 radical (unpaired) electrons. The van der Waals surface area contributed by atoms with Gasteiger partial charge in [-0.15, -0.1) is 0 Å². The highest BCUT2D eigenvalue weighted by Crippen LogP contribution is 2.38. The van der Waals surface area contributed by atoms with Crippen LogP contribution in [0.25, 0.3) is 11.1 Å². The molecule has 0 saturated heterocycles. The number of carbonyl (C=O) groups excluding carboxylic acids is 2. The molecule has 1 aliphatic rings. The summed E-state index contributed by atoms with van der Waals surface area (Å²) in [6, 6.07) is 17.0. The lowest BCUT2D eigenvalue weighted by atomic mass is 9.94. The molecule has 0 heterocycles. The van der Waals surface area contributed by atoms with Crippen LogP contribution in [0.3, 0.4) is 0 Å². The average Bonchev–Trinajstić information content (AvgIpc) is 2.96. The van der Waals surface area contributed by atoms with E-state index in [4.69, 9.17) is 11.6 Å². The Morgan fingerprint density at radius 3 is 2.19 bits per heavy atom. The Morgan fingerprint density at radius 1 is 0.815 bits per heavy atom. The number of carboxylic acid groups (broad SMARTS) is 1. The minimum Gasteiger partial charge on any atom is -0.478 e. The smallest absolute Gasteiger partial charge is 0.337 e. The van der Waals surface area contributed by atoms with Crippen LogP contribution in [-0.4, -0.2) is 22.6 Å². The van der Waals surface area contributed by atoms with Gasteiger partial charge in [0.2, 0.25) is 0 Å². The van der Waals surface area contributed by atoms with E-state index in [-0.39, 0.29) is 28.6 Å². The second-order valence-corrected chi connectivity index (χ2v) is 6.66. The van der Waals surface area contributed by atoms with Gasteiger partial charge in [-0.2, -0.15) is 0 Å². The van der Waals surface area contributed by atoms with Crippen LogP contribution in [0, 0.1) is 0 Å². The molecule has 4 nitrogen and oxygen atoms in total. The first-order chi connectivity index (χ1) is 13.0. The normalized spacial score (nSPS) is 11.8. The van der Waals surface area contributed by atoms with E-state index in [1.54, 1.807) is 36.4 Å². The number of hydrogen-bond donors (Lipinski definition) is 1. The van der Waals surface area contributed by atoms with Crippen molar-refractivity contribution in [1.82, 2.24) is 0 Å². The van der Waals surface area contributed by atoms with E-state index < -0.39 is 5.97 Å². The number of Topliss-reactive ketones (excluding diaryl/α,β-unsaturated/α-hetero) is 1. The largest absolute Gasteiger partial charge is 0.478 e. The van der Waals surface area contributed by atoms with Crippen molar-refractivity contribution in [1.29, 1.82) is 0 Å². The SMILES string of the molecule is O=C(O)c1cccc(CC(=O)c2cccc3c2C(=O)c2ccccc2-3)c1Cl. The summed E-state index contributed by atoms with van der Waals surface area (Å²) in [7, 11) is 0. The zero-order valence-electron chi connectivity index (χ0n) is 14.0. The minimum atomic E-state index is -1.15. The van der Waals surface area contributed by atoms with Gasteiger partial charge in [0.1, 0.15) is 0 Å². The number of carboxylic acids is 1. The third-order valence-corrected chi connectivity index (χ3v) is 5.16. The summed E-state index contributed by atoms with van der Waals surface area (Å²) >= 11 is 6.15. The molecule has 0 aliphatic heterocycles. The quantitative estimate of drug-likeness (QED) is 0.525. The van der Waals surface area contributed by atoms with Crippen molar-refractivity contribution in [2.45, 2.75) is 6.42 Å². The van der Waals surface area contributed by atoms with Crippen molar-refractivity contribution in [3.8, 4) is 11.1 Å². The molecule has 132 valence electrons. The van der Waals surface area contributed by atoms with Crippen LogP contribution in [0.1, 0.15) is 42.2 Å². The fraction of sp³-hybridized carbons (Fsp3) is 0.0455. The van der Waals surface area contributed by atoms with Gasteiger partial charge in [-0.05, 0) is 22.8 Å². The van der Waals surface area contributed by atoms with Gasteiger partial charge in [0.15, 0.2) is 11.6 Å². The van der Waals surface area contributed by atoms with E-state index in [0.29, 0.717) is 22.3 Å². The van der Waals surface area contributed by atoms with Crippen molar-refractivity contribution >= 4 is 29.1 Å². The Hall–Kier alpha value is -3.24. The van der Waals surface area contributed by atoms with Gasteiger partial charge in [0, 0.05) is 23.1 Å². The first-order valence-corrected chi connectivity index (χ1v) is 8.68. The molecule has 3 aromatic rings. The van der Waals surface area contributed by atoms with Crippen LogP contribution in [0.5, 0.6) is 0 Å². The average molecular weight is 377 g/mol. The van der Waals surface area contributed by atoms with Crippen LogP contribution in [0.15, 0.2) is 60.7 Å². The van der Waals surface area contributed by atoms with Crippen LogP contribution < -0.4 is 0 Å². The van der Waals surface area contributed by atoms with Crippen molar-refractivity contribution in [2.24, 2.45) is 0 Å². The lowest BCUT2D eigenvalue weighted by molar-refractivity contribution is 0.0696. The predicted octanol–water partition coefficient (Wildman–Crippen LogP) is 4.68. The standard InChI is InChI=1S/C22H13ClO4/c23-20-12(5-3-10-17(20)22(26)27)11-18(24)16-9-4-8-14-13-6-1-2-7-15(13)21(25)19(14)16/h1-10H,11H2,(H,26,27). The van der Waals surface area contributed by atoms with Gasteiger partial charge in [0.25, 0.3) is 0 Å². The zero-order chi connectivity index (χ0) is 19.1. The van der Waals surface area contributed by atoms with E-state index >= 15 is 0 Å². The third-order valence-electron chi connectivity index (χ3n) is 4.71. The van der Waals surface area contributed by atoms with Crippen molar-refractivity contribution in [2.75, 3.05) is 0 Å². The molecule has 0 unspecified atom stereocenters. The van der Waals surface area contributed by atoms with E-state index in [9.17, 15) is 19.5 Å². The third kappa shape index (κ3) is 2.75. The van der Waals surface area contributed by atoms with Gasteiger partial charge in [-0.1, -0.05) is 66.2 Å². The molecule has 1 aliphatic carbocycles. The first kappa shape index (κ1) is 17.2. The lowest BCUT2D eigenvalue weighted by Crippen LogP contribution is -2.11. The first-order valence-electron chi connectivity index (χ1n) is 8.30. The van der Waals surface area contributed by atoms with Crippen molar-refractivity contribution in [3.63, 3.8) is 0 Å².